The zero-order chi connectivity index (χ0) is 13.9. The normalized spacial score (nSPS) is 10.4. The van der Waals surface area contributed by atoms with Gasteiger partial charge in [-0.25, -0.2) is 0 Å². The van der Waals surface area contributed by atoms with Crippen molar-refractivity contribution in [3.8, 4) is 10.8 Å². The molecule has 1 amide bonds. The average molecular weight is 350 g/mol. The van der Waals surface area contributed by atoms with Crippen molar-refractivity contribution < 1.29 is 9.21 Å². The summed E-state index contributed by atoms with van der Waals surface area (Å²) in [5, 5.41) is 12.2. The van der Waals surface area contributed by atoms with Gasteiger partial charge in [0.2, 0.25) is 0 Å². The second-order valence-electron chi connectivity index (χ2n) is 3.82. The van der Waals surface area contributed by atoms with Crippen LogP contribution < -0.4 is 5.32 Å². The molecule has 0 fully saturated rings. The molecule has 2 heterocycles. The Labute approximate surface area is 126 Å². The van der Waals surface area contributed by atoms with E-state index in [9.17, 15) is 4.79 Å². The third kappa shape index (κ3) is 2.63. The Hall–Kier alpha value is -1.99. The van der Waals surface area contributed by atoms with Crippen molar-refractivity contribution in [2.24, 2.45) is 0 Å². The zero-order valence-corrected chi connectivity index (χ0v) is 12.4. The molecule has 0 aliphatic carbocycles. The van der Waals surface area contributed by atoms with Crippen molar-refractivity contribution in [1.29, 1.82) is 0 Å². The first-order chi connectivity index (χ1) is 9.74. The first-order valence-electron chi connectivity index (χ1n) is 5.67. The number of carbonyl (C=O) groups excluding carboxylic acids is 1. The number of benzene rings is 1. The van der Waals surface area contributed by atoms with Crippen LogP contribution in [0.15, 0.2) is 50.7 Å². The van der Waals surface area contributed by atoms with Gasteiger partial charge in [0.05, 0.1) is 10.4 Å². The summed E-state index contributed by atoms with van der Waals surface area (Å²) < 4.78 is 6.11. The van der Waals surface area contributed by atoms with Crippen molar-refractivity contribution in [3.63, 3.8) is 0 Å². The molecule has 1 aromatic carbocycles. The van der Waals surface area contributed by atoms with Gasteiger partial charge in [-0.05, 0) is 39.5 Å². The number of amides is 1. The van der Waals surface area contributed by atoms with Crippen molar-refractivity contribution in [2.45, 2.75) is 0 Å². The van der Waals surface area contributed by atoms with E-state index in [1.165, 1.54) is 11.3 Å². The van der Waals surface area contributed by atoms with E-state index >= 15 is 0 Å². The van der Waals surface area contributed by atoms with Gasteiger partial charge in [-0.3, -0.25) is 10.1 Å². The highest BCUT2D eigenvalue weighted by molar-refractivity contribution is 9.10. The van der Waals surface area contributed by atoms with E-state index in [2.05, 4.69) is 31.4 Å². The third-order valence-corrected chi connectivity index (χ3v) is 4.05. The van der Waals surface area contributed by atoms with Crippen LogP contribution >= 0.6 is 27.3 Å². The lowest BCUT2D eigenvalue weighted by Crippen LogP contribution is -2.12. The summed E-state index contributed by atoms with van der Waals surface area (Å²) in [7, 11) is 0. The number of hydrogen-bond acceptors (Lipinski definition) is 5. The fraction of sp³-hybridized carbons (Fsp3) is 0. The van der Waals surface area contributed by atoms with Gasteiger partial charge in [0, 0.05) is 4.47 Å². The van der Waals surface area contributed by atoms with Gasteiger partial charge in [0.15, 0.2) is 0 Å². The van der Waals surface area contributed by atoms with E-state index in [0.717, 1.165) is 4.88 Å². The molecule has 0 saturated heterocycles. The molecule has 0 radical (unpaired) electrons. The maximum Gasteiger partial charge on any atom is 0.322 e. The SMILES string of the molecule is O=C(Nc1nnc(-c2cccs2)o1)c1ccccc1Br. The highest BCUT2D eigenvalue weighted by Gasteiger charge is 2.14. The molecule has 3 rings (SSSR count). The lowest BCUT2D eigenvalue weighted by molar-refractivity contribution is 0.102. The molecule has 0 atom stereocenters. The van der Waals surface area contributed by atoms with Crippen LogP contribution in [-0.2, 0) is 0 Å². The predicted octanol–water partition coefficient (Wildman–Crippen LogP) is 3.81. The number of thiophene rings is 1. The van der Waals surface area contributed by atoms with Crippen LogP contribution in [0, 0.1) is 0 Å². The smallest absolute Gasteiger partial charge is 0.322 e. The van der Waals surface area contributed by atoms with Gasteiger partial charge in [-0.15, -0.1) is 16.4 Å². The Kier molecular flexibility index (Phi) is 3.62. The molecule has 3 aromatic rings. The van der Waals surface area contributed by atoms with Gasteiger partial charge in [0.1, 0.15) is 0 Å². The fourth-order valence-electron chi connectivity index (χ4n) is 1.58. The number of rotatable bonds is 3. The molecule has 1 N–H and O–H groups in total. The van der Waals surface area contributed by atoms with Crippen LogP contribution in [-0.4, -0.2) is 16.1 Å². The number of anilines is 1. The van der Waals surface area contributed by atoms with E-state index in [4.69, 9.17) is 4.42 Å². The van der Waals surface area contributed by atoms with E-state index < -0.39 is 0 Å². The maximum atomic E-state index is 12.1. The number of nitrogens with zero attached hydrogens (tertiary/aromatic N) is 2. The maximum absolute atomic E-state index is 12.1. The van der Waals surface area contributed by atoms with E-state index in [-0.39, 0.29) is 11.9 Å². The molecule has 0 spiro atoms. The summed E-state index contributed by atoms with van der Waals surface area (Å²) in [5.74, 6) is 0.0845. The van der Waals surface area contributed by atoms with Crippen LogP contribution in [0.25, 0.3) is 10.8 Å². The van der Waals surface area contributed by atoms with Crippen molar-refractivity contribution >= 4 is 39.2 Å². The molecule has 0 saturated carbocycles. The quantitative estimate of drug-likeness (QED) is 0.780. The second kappa shape index (κ2) is 5.56. The fourth-order valence-corrected chi connectivity index (χ4v) is 2.69. The van der Waals surface area contributed by atoms with Crippen LogP contribution in [0.1, 0.15) is 10.4 Å². The molecule has 100 valence electrons. The van der Waals surface area contributed by atoms with Gasteiger partial charge in [-0.2, -0.15) is 0 Å². The molecule has 0 aliphatic heterocycles. The number of carbonyl (C=O) groups is 1. The van der Waals surface area contributed by atoms with Crippen LogP contribution in [0.4, 0.5) is 6.01 Å². The molecule has 5 nitrogen and oxygen atoms in total. The summed E-state index contributed by atoms with van der Waals surface area (Å²) >= 11 is 4.81. The molecular formula is C13H8BrN3O2S. The minimum Gasteiger partial charge on any atom is -0.402 e. The summed E-state index contributed by atoms with van der Waals surface area (Å²) in [6, 6.07) is 11.0. The molecule has 0 aliphatic rings. The molecule has 2 aromatic heterocycles. The van der Waals surface area contributed by atoms with Gasteiger partial charge in [0.25, 0.3) is 11.8 Å². The Morgan fingerprint density at radius 2 is 2.05 bits per heavy atom. The second-order valence-corrected chi connectivity index (χ2v) is 5.63. The summed E-state index contributed by atoms with van der Waals surface area (Å²) in [4.78, 5) is 12.9. The lowest BCUT2D eigenvalue weighted by Gasteiger charge is -2.02. The molecule has 0 bridgehead atoms. The molecular weight excluding hydrogens is 342 g/mol. The first kappa shape index (κ1) is 13.0. The number of hydrogen-bond donors (Lipinski definition) is 1. The lowest BCUT2D eigenvalue weighted by atomic mass is 10.2. The van der Waals surface area contributed by atoms with E-state index in [1.807, 2.05) is 23.6 Å². The summed E-state index contributed by atoms with van der Waals surface area (Å²) in [6.07, 6.45) is 0. The summed E-state index contributed by atoms with van der Waals surface area (Å²) in [6.45, 7) is 0. The Morgan fingerprint density at radius 1 is 1.20 bits per heavy atom. The standard InChI is InChI=1S/C13H8BrN3O2S/c14-9-5-2-1-4-8(9)11(18)15-13-17-16-12(19-13)10-6-3-7-20-10/h1-7H,(H,15,17,18). The predicted molar refractivity (Wildman–Crippen MR) is 79.7 cm³/mol. The van der Waals surface area contributed by atoms with Crippen molar-refractivity contribution in [1.82, 2.24) is 10.2 Å². The van der Waals surface area contributed by atoms with Gasteiger partial charge < -0.3 is 4.42 Å². The van der Waals surface area contributed by atoms with E-state index in [1.54, 1.807) is 18.2 Å². The van der Waals surface area contributed by atoms with Crippen molar-refractivity contribution in [3.05, 3.63) is 51.8 Å². The molecule has 20 heavy (non-hydrogen) atoms. The van der Waals surface area contributed by atoms with Crippen molar-refractivity contribution in [2.75, 3.05) is 5.32 Å². The van der Waals surface area contributed by atoms with Gasteiger partial charge >= 0.3 is 6.01 Å². The zero-order valence-electron chi connectivity index (χ0n) is 10.0. The van der Waals surface area contributed by atoms with Crippen LogP contribution in [0.2, 0.25) is 0 Å². The highest BCUT2D eigenvalue weighted by atomic mass is 79.9. The number of halogens is 1. The van der Waals surface area contributed by atoms with Crippen LogP contribution in [0.5, 0.6) is 0 Å². The van der Waals surface area contributed by atoms with E-state index in [0.29, 0.717) is 15.9 Å². The average Bonchev–Trinajstić information content (AvgIpc) is 3.09. The largest absolute Gasteiger partial charge is 0.402 e. The Morgan fingerprint density at radius 3 is 2.80 bits per heavy atom. The number of nitrogens with one attached hydrogen (secondary N) is 1. The Bertz CT molecular complexity index is 740. The topological polar surface area (TPSA) is 68.0 Å². The third-order valence-electron chi connectivity index (χ3n) is 2.50. The molecule has 7 heteroatoms. The minimum absolute atomic E-state index is 0.0779. The molecule has 0 unspecified atom stereocenters. The Balaban J connectivity index is 1.79. The minimum atomic E-state index is -0.307. The van der Waals surface area contributed by atoms with Crippen LogP contribution in [0.3, 0.4) is 0 Å². The monoisotopic (exact) mass is 349 g/mol. The summed E-state index contributed by atoms with van der Waals surface area (Å²) in [5.41, 5.74) is 0.503. The first-order valence-corrected chi connectivity index (χ1v) is 7.34. The van der Waals surface area contributed by atoms with Gasteiger partial charge in [-0.1, -0.05) is 23.3 Å². The number of aromatic nitrogens is 2. The highest BCUT2D eigenvalue weighted by Crippen LogP contribution is 2.25.